The summed E-state index contributed by atoms with van der Waals surface area (Å²) in [5.41, 5.74) is 5.01. The van der Waals surface area contributed by atoms with Crippen LogP contribution in [0.4, 0.5) is 5.69 Å². The van der Waals surface area contributed by atoms with E-state index in [0.717, 1.165) is 28.1 Å². The number of amides is 1. The van der Waals surface area contributed by atoms with Crippen molar-refractivity contribution in [3.05, 3.63) is 65.7 Å². The zero-order valence-corrected chi connectivity index (χ0v) is 14.8. The number of rotatable bonds is 3. The monoisotopic (exact) mass is 348 g/mol. The van der Waals surface area contributed by atoms with Crippen LogP contribution in [0, 0.1) is 19.8 Å². The minimum Gasteiger partial charge on any atom is -0.492 e. The van der Waals surface area contributed by atoms with Crippen molar-refractivity contribution in [2.45, 2.75) is 20.3 Å². The van der Waals surface area contributed by atoms with E-state index in [-0.39, 0.29) is 11.8 Å². The number of hydrogen-bond acceptors (Lipinski definition) is 4. The topological polar surface area (TPSA) is 64.4 Å². The van der Waals surface area contributed by atoms with E-state index in [4.69, 9.17) is 9.15 Å². The highest BCUT2D eigenvalue weighted by Gasteiger charge is 2.26. The third-order valence-electron chi connectivity index (χ3n) is 4.68. The number of oxazole rings is 1. The molecule has 0 bridgehead atoms. The van der Waals surface area contributed by atoms with Gasteiger partial charge in [0, 0.05) is 11.3 Å². The average molecular weight is 348 g/mol. The molecule has 0 spiro atoms. The van der Waals surface area contributed by atoms with Gasteiger partial charge < -0.3 is 14.5 Å². The maximum Gasteiger partial charge on any atom is 0.231 e. The highest BCUT2D eigenvalue weighted by molar-refractivity contribution is 5.93. The number of anilines is 1. The summed E-state index contributed by atoms with van der Waals surface area (Å²) in [5, 5.41) is 3.01. The van der Waals surface area contributed by atoms with Crippen LogP contribution in [0.2, 0.25) is 0 Å². The normalized spacial score (nSPS) is 15.8. The van der Waals surface area contributed by atoms with Crippen LogP contribution >= 0.6 is 0 Å². The van der Waals surface area contributed by atoms with Gasteiger partial charge in [-0.1, -0.05) is 17.7 Å². The highest BCUT2D eigenvalue weighted by Crippen LogP contribution is 2.29. The molecule has 0 saturated heterocycles. The molecule has 1 atom stereocenters. The van der Waals surface area contributed by atoms with Crippen LogP contribution in [0.1, 0.15) is 16.7 Å². The Morgan fingerprint density at radius 1 is 1.19 bits per heavy atom. The van der Waals surface area contributed by atoms with E-state index in [0.29, 0.717) is 18.8 Å². The number of carbonyl (C=O) groups is 1. The van der Waals surface area contributed by atoms with Crippen LogP contribution < -0.4 is 10.1 Å². The Morgan fingerprint density at radius 2 is 2.08 bits per heavy atom. The van der Waals surface area contributed by atoms with Gasteiger partial charge in [-0.05, 0) is 55.7 Å². The summed E-state index contributed by atoms with van der Waals surface area (Å²) in [7, 11) is 0. The Balaban J connectivity index is 1.48. The van der Waals surface area contributed by atoms with E-state index >= 15 is 0 Å². The zero-order valence-electron chi connectivity index (χ0n) is 14.8. The van der Waals surface area contributed by atoms with E-state index < -0.39 is 0 Å². The number of hydrogen-bond donors (Lipinski definition) is 1. The van der Waals surface area contributed by atoms with Crippen molar-refractivity contribution in [3.63, 3.8) is 0 Å². The van der Waals surface area contributed by atoms with Crippen LogP contribution in [-0.4, -0.2) is 17.5 Å². The van der Waals surface area contributed by atoms with Gasteiger partial charge in [0.25, 0.3) is 0 Å². The zero-order chi connectivity index (χ0) is 18.1. The molecule has 1 aliphatic rings. The number of benzene rings is 2. The molecule has 0 radical (unpaired) electrons. The van der Waals surface area contributed by atoms with Gasteiger partial charge in [0.2, 0.25) is 5.91 Å². The molecule has 1 N–H and O–H groups in total. The molecule has 1 aromatic heterocycles. The minimum atomic E-state index is -0.196. The molecule has 0 aliphatic carbocycles. The minimum absolute atomic E-state index is 0.0241. The van der Waals surface area contributed by atoms with Crippen LogP contribution in [0.15, 0.2) is 53.4 Å². The molecule has 0 fully saturated rings. The molecule has 1 unspecified atom stereocenters. The first kappa shape index (κ1) is 16.4. The lowest BCUT2D eigenvalue weighted by atomic mass is 9.94. The fraction of sp³-hybridized carbons (Fsp3) is 0.238. The number of nitrogens with one attached hydrogen (secondary N) is 1. The van der Waals surface area contributed by atoms with Gasteiger partial charge in [0.05, 0.1) is 12.1 Å². The molecule has 0 saturated carbocycles. The van der Waals surface area contributed by atoms with Crippen LogP contribution in [0.3, 0.4) is 0 Å². The summed E-state index contributed by atoms with van der Waals surface area (Å²) in [6.07, 6.45) is 3.78. The Labute approximate surface area is 152 Å². The van der Waals surface area contributed by atoms with Crippen LogP contribution in [0.25, 0.3) is 11.3 Å². The van der Waals surface area contributed by atoms with E-state index in [2.05, 4.69) is 16.4 Å². The summed E-state index contributed by atoms with van der Waals surface area (Å²) in [6.45, 7) is 4.43. The first-order chi connectivity index (χ1) is 12.6. The first-order valence-corrected chi connectivity index (χ1v) is 8.63. The first-order valence-electron chi connectivity index (χ1n) is 8.63. The predicted octanol–water partition coefficient (Wildman–Crippen LogP) is 4.15. The largest absolute Gasteiger partial charge is 0.492 e. The van der Waals surface area contributed by atoms with Gasteiger partial charge in [-0.3, -0.25) is 4.79 Å². The van der Waals surface area contributed by atoms with Gasteiger partial charge >= 0.3 is 0 Å². The lowest BCUT2D eigenvalue weighted by molar-refractivity contribution is -0.121. The molecule has 5 nitrogen and oxygen atoms in total. The fourth-order valence-corrected chi connectivity index (χ4v) is 3.30. The molecular formula is C21H20N2O3. The second kappa shape index (κ2) is 6.67. The summed E-state index contributed by atoms with van der Waals surface area (Å²) in [4.78, 5) is 16.6. The number of aromatic nitrogens is 1. The Hall–Kier alpha value is -3.08. The molecule has 3 aromatic rings. The molecule has 2 heterocycles. The molecule has 1 amide bonds. The van der Waals surface area contributed by atoms with Crippen molar-refractivity contribution >= 4 is 11.6 Å². The van der Waals surface area contributed by atoms with Crippen LogP contribution in [0.5, 0.6) is 5.75 Å². The number of fused-ring (bicyclic) bond motifs is 1. The second-order valence-corrected chi connectivity index (χ2v) is 6.71. The van der Waals surface area contributed by atoms with Crippen molar-refractivity contribution in [2.75, 3.05) is 11.9 Å². The highest BCUT2D eigenvalue weighted by atomic mass is 16.5. The Morgan fingerprint density at radius 3 is 2.85 bits per heavy atom. The van der Waals surface area contributed by atoms with E-state index in [9.17, 15) is 4.79 Å². The summed E-state index contributed by atoms with van der Waals surface area (Å²) in [6, 6.07) is 11.8. The standard InChI is InChI=1S/C21H20N2O3/c1-13-3-6-19-15(7-13)9-16(11-25-19)21(24)23-17-4-5-18(14(2)8-17)20-10-22-12-26-20/h3-8,10,12,16H,9,11H2,1-2H3,(H,23,24). The average Bonchev–Trinajstić information content (AvgIpc) is 3.15. The third-order valence-corrected chi connectivity index (χ3v) is 4.68. The lowest BCUT2D eigenvalue weighted by Gasteiger charge is -2.25. The van der Waals surface area contributed by atoms with E-state index in [1.807, 2.05) is 44.2 Å². The van der Waals surface area contributed by atoms with Crippen LogP contribution in [-0.2, 0) is 11.2 Å². The SMILES string of the molecule is Cc1ccc2c(c1)CC(C(=O)Nc1ccc(-c3cnco3)c(C)c1)CO2. The summed E-state index contributed by atoms with van der Waals surface area (Å²) < 4.78 is 11.1. The predicted molar refractivity (Wildman–Crippen MR) is 99.2 cm³/mol. The molecule has 132 valence electrons. The lowest BCUT2D eigenvalue weighted by Crippen LogP contribution is -2.32. The van der Waals surface area contributed by atoms with Crippen molar-refractivity contribution in [1.29, 1.82) is 0 Å². The summed E-state index contributed by atoms with van der Waals surface area (Å²) >= 11 is 0. The van der Waals surface area contributed by atoms with Gasteiger partial charge in [0.1, 0.15) is 12.4 Å². The second-order valence-electron chi connectivity index (χ2n) is 6.71. The maximum absolute atomic E-state index is 12.7. The number of ether oxygens (including phenoxy) is 1. The summed E-state index contributed by atoms with van der Waals surface area (Å²) in [5.74, 6) is 1.38. The van der Waals surface area contributed by atoms with Crippen molar-refractivity contribution < 1.29 is 13.9 Å². The molecule has 4 rings (SSSR count). The Bertz CT molecular complexity index is 948. The van der Waals surface area contributed by atoms with Gasteiger partial charge in [-0.25, -0.2) is 4.98 Å². The van der Waals surface area contributed by atoms with Crippen molar-refractivity contribution in [1.82, 2.24) is 4.98 Å². The fourth-order valence-electron chi connectivity index (χ4n) is 3.30. The van der Waals surface area contributed by atoms with Gasteiger partial charge in [0.15, 0.2) is 12.2 Å². The smallest absolute Gasteiger partial charge is 0.231 e. The number of nitrogens with zero attached hydrogens (tertiary/aromatic N) is 1. The van der Waals surface area contributed by atoms with E-state index in [1.54, 1.807) is 6.20 Å². The van der Waals surface area contributed by atoms with Gasteiger partial charge in [-0.15, -0.1) is 0 Å². The number of carbonyl (C=O) groups excluding carboxylic acids is 1. The van der Waals surface area contributed by atoms with E-state index in [1.165, 1.54) is 12.0 Å². The van der Waals surface area contributed by atoms with Gasteiger partial charge in [-0.2, -0.15) is 0 Å². The molecule has 2 aromatic carbocycles. The molecular weight excluding hydrogens is 328 g/mol. The molecule has 26 heavy (non-hydrogen) atoms. The third kappa shape index (κ3) is 3.20. The molecule has 5 heteroatoms. The quantitative estimate of drug-likeness (QED) is 0.772. The number of aryl methyl sites for hydroxylation is 2. The van der Waals surface area contributed by atoms with Crippen molar-refractivity contribution in [2.24, 2.45) is 5.92 Å². The maximum atomic E-state index is 12.7. The Kier molecular flexibility index (Phi) is 4.21. The molecule has 1 aliphatic heterocycles. The van der Waals surface area contributed by atoms with Crippen molar-refractivity contribution in [3.8, 4) is 17.1 Å².